The van der Waals surface area contributed by atoms with Crippen molar-refractivity contribution in [1.29, 1.82) is 0 Å². The second-order valence-corrected chi connectivity index (χ2v) is 3.95. The summed E-state index contributed by atoms with van der Waals surface area (Å²) in [6.07, 6.45) is 0. The molecule has 76 valence electrons. The monoisotopic (exact) mass is 278 g/mol. The molecule has 14 heavy (non-hydrogen) atoms. The molecule has 0 aliphatic rings. The van der Waals surface area contributed by atoms with Crippen molar-refractivity contribution in [3.63, 3.8) is 0 Å². The van der Waals surface area contributed by atoms with Gasteiger partial charge in [-0.3, -0.25) is 0 Å². The van der Waals surface area contributed by atoms with Crippen LogP contribution in [0.2, 0.25) is 0 Å². The van der Waals surface area contributed by atoms with Gasteiger partial charge in [-0.05, 0) is 30.7 Å². The Morgan fingerprint density at radius 3 is 3.00 bits per heavy atom. The Morgan fingerprint density at radius 1 is 1.64 bits per heavy atom. The molecule has 0 radical (unpaired) electrons. The van der Waals surface area contributed by atoms with Gasteiger partial charge >= 0.3 is 0 Å². The molecule has 1 nitrogen and oxygen atoms in total. The number of ether oxygens (including phenoxy) is 1. The Bertz CT molecular complexity index is 352. The quantitative estimate of drug-likeness (QED) is 0.809. The van der Waals surface area contributed by atoms with E-state index in [4.69, 9.17) is 16.3 Å². The molecule has 1 aromatic carbocycles. The molecule has 4 heteroatoms. The average Bonchev–Trinajstić information content (AvgIpc) is 2.19. The highest BCUT2D eigenvalue weighted by atomic mass is 79.9. The number of hydrogen-bond donors (Lipinski definition) is 0. The summed E-state index contributed by atoms with van der Waals surface area (Å²) in [4.78, 5) is 0. The van der Waals surface area contributed by atoms with Crippen LogP contribution in [0, 0.1) is 5.82 Å². The molecule has 0 fully saturated rings. The SMILES string of the molecule is C/C(=C/Cl)COc1cc(Br)ccc1F. The molecule has 0 aromatic heterocycles. The van der Waals surface area contributed by atoms with E-state index in [9.17, 15) is 4.39 Å². The highest BCUT2D eigenvalue weighted by molar-refractivity contribution is 9.10. The Morgan fingerprint density at radius 2 is 2.36 bits per heavy atom. The highest BCUT2D eigenvalue weighted by Crippen LogP contribution is 2.22. The molecule has 0 saturated carbocycles. The lowest BCUT2D eigenvalue weighted by molar-refractivity contribution is 0.332. The number of hydrogen-bond acceptors (Lipinski definition) is 1. The van der Waals surface area contributed by atoms with E-state index >= 15 is 0 Å². The molecule has 0 bridgehead atoms. The minimum atomic E-state index is -0.379. The summed E-state index contributed by atoms with van der Waals surface area (Å²) in [7, 11) is 0. The molecule has 0 unspecified atom stereocenters. The maximum Gasteiger partial charge on any atom is 0.165 e. The van der Waals surface area contributed by atoms with Gasteiger partial charge in [0.25, 0.3) is 0 Å². The summed E-state index contributed by atoms with van der Waals surface area (Å²) >= 11 is 8.68. The van der Waals surface area contributed by atoms with Crippen LogP contribution in [-0.4, -0.2) is 6.61 Å². The van der Waals surface area contributed by atoms with E-state index in [1.54, 1.807) is 12.1 Å². The van der Waals surface area contributed by atoms with E-state index in [1.807, 2.05) is 6.92 Å². The molecule has 0 amide bonds. The molecule has 0 spiro atoms. The molecule has 0 heterocycles. The van der Waals surface area contributed by atoms with Crippen molar-refractivity contribution in [2.45, 2.75) is 6.92 Å². The maximum atomic E-state index is 13.1. The van der Waals surface area contributed by atoms with Crippen LogP contribution in [0.25, 0.3) is 0 Å². The minimum Gasteiger partial charge on any atom is -0.486 e. The third kappa shape index (κ3) is 3.31. The zero-order chi connectivity index (χ0) is 10.6. The smallest absolute Gasteiger partial charge is 0.165 e. The van der Waals surface area contributed by atoms with Crippen molar-refractivity contribution in [2.24, 2.45) is 0 Å². The van der Waals surface area contributed by atoms with E-state index in [0.29, 0.717) is 0 Å². The fraction of sp³-hybridized carbons (Fsp3) is 0.200. The van der Waals surface area contributed by atoms with Gasteiger partial charge in [0, 0.05) is 10.0 Å². The van der Waals surface area contributed by atoms with Crippen molar-refractivity contribution < 1.29 is 9.13 Å². The van der Waals surface area contributed by atoms with Gasteiger partial charge in [0.2, 0.25) is 0 Å². The van der Waals surface area contributed by atoms with Gasteiger partial charge < -0.3 is 4.74 Å². The van der Waals surface area contributed by atoms with Crippen LogP contribution in [0.1, 0.15) is 6.92 Å². The fourth-order valence-corrected chi connectivity index (χ4v) is 1.21. The Balaban J connectivity index is 2.71. The molecule has 0 aliphatic heterocycles. The first-order valence-electron chi connectivity index (χ1n) is 3.97. The summed E-state index contributed by atoms with van der Waals surface area (Å²) in [6.45, 7) is 2.10. The molecule has 0 aliphatic carbocycles. The van der Waals surface area contributed by atoms with Crippen LogP contribution in [0.15, 0.2) is 33.8 Å². The third-order valence-corrected chi connectivity index (χ3v) is 2.40. The number of benzene rings is 1. The largest absolute Gasteiger partial charge is 0.486 e. The van der Waals surface area contributed by atoms with E-state index in [2.05, 4.69) is 15.9 Å². The summed E-state index contributed by atoms with van der Waals surface area (Å²) in [5.41, 5.74) is 2.25. The van der Waals surface area contributed by atoms with Crippen LogP contribution in [0.5, 0.6) is 5.75 Å². The average molecular weight is 280 g/mol. The van der Waals surface area contributed by atoms with E-state index < -0.39 is 0 Å². The lowest BCUT2D eigenvalue weighted by Gasteiger charge is -2.07. The maximum absolute atomic E-state index is 13.1. The van der Waals surface area contributed by atoms with Crippen LogP contribution in [0.3, 0.4) is 0 Å². The standard InChI is InChI=1S/C10H9BrClFO/c1-7(5-12)6-14-10-4-8(11)2-3-9(10)13/h2-5H,6H2,1H3/b7-5-. The van der Waals surface area contributed by atoms with Crippen LogP contribution < -0.4 is 4.74 Å². The van der Waals surface area contributed by atoms with Gasteiger partial charge in [0.1, 0.15) is 6.61 Å². The molecule has 0 saturated heterocycles. The second kappa shape index (κ2) is 5.37. The second-order valence-electron chi connectivity index (χ2n) is 2.82. The summed E-state index contributed by atoms with van der Waals surface area (Å²) < 4.78 is 19.1. The van der Waals surface area contributed by atoms with Crippen molar-refractivity contribution in [3.05, 3.63) is 39.6 Å². The Kier molecular flexibility index (Phi) is 4.42. The summed E-state index contributed by atoms with van der Waals surface area (Å²) in [5.74, 6) is -0.159. The zero-order valence-corrected chi connectivity index (χ0v) is 9.90. The normalized spacial score (nSPS) is 11.6. The molecule has 1 aromatic rings. The van der Waals surface area contributed by atoms with E-state index in [1.165, 1.54) is 11.6 Å². The van der Waals surface area contributed by atoms with Gasteiger partial charge in [-0.2, -0.15) is 0 Å². The van der Waals surface area contributed by atoms with Gasteiger partial charge in [-0.25, -0.2) is 4.39 Å². The van der Waals surface area contributed by atoms with Crippen molar-refractivity contribution >= 4 is 27.5 Å². The lowest BCUT2D eigenvalue weighted by Crippen LogP contribution is -1.99. The molecular weight excluding hydrogens is 270 g/mol. The van der Waals surface area contributed by atoms with E-state index in [-0.39, 0.29) is 18.2 Å². The number of rotatable bonds is 3. The minimum absolute atomic E-state index is 0.220. The zero-order valence-electron chi connectivity index (χ0n) is 7.56. The third-order valence-electron chi connectivity index (χ3n) is 1.53. The lowest BCUT2D eigenvalue weighted by atomic mass is 10.3. The molecular formula is C10H9BrClFO. The van der Waals surface area contributed by atoms with Crippen LogP contribution in [-0.2, 0) is 0 Å². The molecule has 0 N–H and O–H groups in total. The van der Waals surface area contributed by atoms with Crippen LogP contribution >= 0.6 is 27.5 Å². The Labute approximate surface area is 95.7 Å². The predicted octanol–water partition coefficient (Wildman–Crippen LogP) is 4.11. The predicted molar refractivity (Wildman–Crippen MR) is 59.2 cm³/mol. The Hall–Kier alpha value is -0.540. The van der Waals surface area contributed by atoms with Gasteiger partial charge in [-0.1, -0.05) is 27.5 Å². The first kappa shape index (κ1) is 11.5. The topological polar surface area (TPSA) is 9.23 Å². The van der Waals surface area contributed by atoms with Gasteiger partial charge in [0.15, 0.2) is 11.6 Å². The fourth-order valence-electron chi connectivity index (χ4n) is 0.811. The van der Waals surface area contributed by atoms with Gasteiger partial charge in [-0.15, -0.1) is 0 Å². The summed E-state index contributed by atoms with van der Waals surface area (Å²) in [5, 5.41) is 0. The van der Waals surface area contributed by atoms with Crippen LogP contribution in [0.4, 0.5) is 4.39 Å². The first-order chi connectivity index (χ1) is 6.63. The van der Waals surface area contributed by atoms with Gasteiger partial charge in [0.05, 0.1) is 0 Å². The van der Waals surface area contributed by atoms with Crippen molar-refractivity contribution in [2.75, 3.05) is 6.61 Å². The summed E-state index contributed by atoms with van der Waals surface area (Å²) in [6, 6.07) is 4.54. The van der Waals surface area contributed by atoms with E-state index in [0.717, 1.165) is 10.0 Å². The first-order valence-corrected chi connectivity index (χ1v) is 5.20. The molecule has 0 atom stereocenters. The molecule has 1 rings (SSSR count). The van der Waals surface area contributed by atoms with Crippen molar-refractivity contribution in [3.8, 4) is 5.75 Å². The van der Waals surface area contributed by atoms with Crippen molar-refractivity contribution in [1.82, 2.24) is 0 Å². The number of halogens is 3. The highest BCUT2D eigenvalue weighted by Gasteiger charge is 2.03.